The third kappa shape index (κ3) is 5.02. The number of quaternary nitrogens is 1. The standard InChI is InChI=1S/C18H29N2O2/c1-4-22-18(21)7-5-6-16-8-10-17(11-9-16)19-12-14-20(2,3)15-13-19/h8-11H,4-7,12-15H2,1-3H3/q+1. The third-order valence-corrected chi connectivity index (χ3v) is 4.40. The summed E-state index contributed by atoms with van der Waals surface area (Å²) in [5.41, 5.74) is 2.61. The van der Waals surface area contributed by atoms with Crippen LogP contribution < -0.4 is 4.90 Å². The average Bonchev–Trinajstić information content (AvgIpc) is 2.48. The van der Waals surface area contributed by atoms with Crippen LogP contribution in [-0.2, 0) is 16.0 Å². The summed E-state index contributed by atoms with van der Waals surface area (Å²) in [5.74, 6) is -0.0897. The smallest absolute Gasteiger partial charge is 0.305 e. The van der Waals surface area contributed by atoms with E-state index < -0.39 is 0 Å². The van der Waals surface area contributed by atoms with Crippen molar-refractivity contribution in [3.63, 3.8) is 0 Å². The minimum atomic E-state index is -0.0897. The van der Waals surface area contributed by atoms with Gasteiger partial charge in [-0.05, 0) is 37.5 Å². The fourth-order valence-corrected chi connectivity index (χ4v) is 2.81. The van der Waals surface area contributed by atoms with Crippen molar-refractivity contribution in [1.29, 1.82) is 0 Å². The van der Waals surface area contributed by atoms with E-state index in [0.717, 1.165) is 30.4 Å². The van der Waals surface area contributed by atoms with Gasteiger partial charge in [-0.2, -0.15) is 0 Å². The van der Waals surface area contributed by atoms with E-state index in [0.29, 0.717) is 13.0 Å². The molecular weight excluding hydrogens is 276 g/mol. The van der Waals surface area contributed by atoms with E-state index in [1.807, 2.05) is 6.92 Å². The molecule has 4 nitrogen and oxygen atoms in total. The molecule has 0 unspecified atom stereocenters. The van der Waals surface area contributed by atoms with Crippen LogP contribution in [0.2, 0.25) is 0 Å². The maximum atomic E-state index is 11.3. The first-order valence-electron chi connectivity index (χ1n) is 8.32. The summed E-state index contributed by atoms with van der Waals surface area (Å²) in [6.45, 7) is 6.95. The summed E-state index contributed by atoms with van der Waals surface area (Å²) in [6.07, 6.45) is 2.30. The lowest BCUT2D eigenvalue weighted by atomic mass is 10.1. The fourth-order valence-electron chi connectivity index (χ4n) is 2.81. The van der Waals surface area contributed by atoms with Gasteiger partial charge >= 0.3 is 5.97 Å². The largest absolute Gasteiger partial charge is 0.466 e. The molecule has 1 aliphatic heterocycles. The molecular formula is C18H29N2O2+. The lowest BCUT2D eigenvalue weighted by Crippen LogP contribution is -2.54. The molecule has 1 aliphatic rings. The van der Waals surface area contributed by atoms with Crippen molar-refractivity contribution in [3.05, 3.63) is 29.8 Å². The van der Waals surface area contributed by atoms with E-state index >= 15 is 0 Å². The Kier molecular flexibility index (Phi) is 5.83. The molecule has 0 bridgehead atoms. The Labute approximate surface area is 134 Å². The van der Waals surface area contributed by atoms with Crippen LogP contribution in [0.3, 0.4) is 0 Å². The van der Waals surface area contributed by atoms with Gasteiger partial charge in [-0.15, -0.1) is 0 Å². The summed E-state index contributed by atoms with van der Waals surface area (Å²) in [7, 11) is 4.59. The van der Waals surface area contributed by atoms with Gasteiger partial charge in [0.2, 0.25) is 0 Å². The Hall–Kier alpha value is -1.55. The van der Waals surface area contributed by atoms with Crippen molar-refractivity contribution in [2.75, 3.05) is 51.8 Å². The van der Waals surface area contributed by atoms with E-state index in [1.54, 1.807) is 0 Å². The van der Waals surface area contributed by atoms with Gasteiger partial charge in [-0.1, -0.05) is 12.1 Å². The number of rotatable bonds is 6. The fraction of sp³-hybridized carbons (Fsp3) is 0.611. The van der Waals surface area contributed by atoms with Gasteiger partial charge in [-0.3, -0.25) is 4.79 Å². The van der Waals surface area contributed by atoms with Gasteiger partial charge in [0, 0.05) is 12.1 Å². The van der Waals surface area contributed by atoms with Crippen LogP contribution >= 0.6 is 0 Å². The third-order valence-electron chi connectivity index (χ3n) is 4.40. The highest BCUT2D eigenvalue weighted by atomic mass is 16.5. The van der Waals surface area contributed by atoms with E-state index in [9.17, 15) is 4.79 Å². The SMILES string of the molecule is CCOC(=O)CCCc1ccc(N2CC[N+](C)(C)CC2)cc1. The van der Waals surface area contributed by atoms with Gasteiger partial charge < -0.3 is 14.1 Å². The number of ether oxygens (including phenoxy) is 1. The zero-order chi connectivity index (χ0) is 16.0. The molecule has 0 radical (unpaired) electrons. The van der Waals surface area contributed by atoms with Gasteiger partial charge in [0.15, 0.2) is 0 Å². The molecule has 0 amide bonds. The van der Waals surface area contributed by atoms with Crippen LogP contribution in [0, 0.1) is 0 Å². The van der Waals surface area contributed by atoms with Crippen LogP contribution in [0.1, 0.15) is 25.3 Å². The number of anilines is 1. The van der Waals surface area contributed by atoms with Gasteiger partial charge in [0.25, 0.3) is 0 Å². The lowest BCUT2D eigenvalue weighted by Gasteiger charge is -2.40. The highest BCUT2D eigenvalue weighted by Crippen LogP contribution is 2.19. The van der Waals surface area contributed by atoms with E-state index in [-0.39, 0.29) is 5.97 Å². The summed E-state index contributed by atoms with van der Waals surface area (Å²) >= 11 is 0. The minimum Gasteiger partial charge on any atom is -0.466 e. The Bertz CT molecular complexity index is 472. The number of nitrogens with zero attached hydrogens (tertiary/aromatic N) is 2. The number of benzene rings is 1. The molecule has 2 rings (SSSR count). The Morgan fingerprint density at radius 2 is 1.82 bits per heavy atom. The highest BCUT2D eigenvalue weighted by Gasteiger charge is 2.24. The van der Waals surface area contributed by atoms with E-state index in [4.69, 9.17) is 4.74 Å². The lowest BCUT2D eigenvalue weighted by molar-refractivity contribution is -0.890. The number of hydrogen-bond acceptors (Lipinski definition) is 3. The first kappa shape index (κ1) is 16.8. The molecule has 122 valence electrons. The monoisotopic (exact) mass is 305 g/mol. The Morgan fingerprint density at radius 1 is 1.18 bits per heavy atom. The number of hydrogen-bond donors (Lipinski definition) is 0. The molecule has 0 spiro atoms. The first-order valence-corrected chi connectivity index (χ1v) is 8.32. The molecule has 1 aromatic carbocycles. The van der Waals surface area contributed by atoms with Crippen molar-refractivity contribution < 1.29 is 14.0 Å². The molecule has 0 aliphatic carbocycles. The van der Waals surface area contributed by atoms with Gasteiger partial charge in [0.05, 0.1) is 46.9 Å². The Balaban J connectivity index is 1.79. The summed E-state index contributed by atoms with van der Waals surface area (Å²) in [6, 6.07) is 8.81. The minimum absolute atomic E-state index is 0.0897. The number of likely N-dealkylation sites (N-methyl/N-ethyl adjacent to an activating group) is 1. The average molecular weight is 305 g/mol. The molecule has 1 heterocycles. The normalized spacial score (nSPS) is 17.3. The Morgan fingerprint density at radius 3 is 2.41 bits per heavy atom. The number of piperazine rings is 1. The van der Waals surface area contributed by atoms with Crippen LogP contribution in [0.25, 0.3) is 0 Å². The number of carbonyl (C=O) groups is 1. The number of esters is 1. The van der Waals surface area contributed by atoms with Crippen LogP contribution in [0.5, 0.6) is 0 Å². The molecule has 0 atom stereocenters. The number of carbonyl (C=O) groups excluding carboxylic acids is 1. The quantitative estimate of drug-likeness (QED) is 0.597. The summed E-state index contributed by atoms with van der Waals surface area (Å²) in [5, 5.41) is 0. The zero-order valence-corrected chi connectivity index (χ0v) is 14.2. The van der Waals surface area contributed by atoms with E-state index in [1.165, 1.54) is 24.3 Å². The van der Waals surface area contributed by atoms with Crippen LogP contribution in [-0.4, -0.2) is 57.3 Å². The second-order valence-electron chi connectivity index (χ2n) is 6.70. The van der Waals surface area contributed by atoms with Crippen molar-refractivity contribution in [3.8, 4) is 0 Å². The second-order valence-corrected chi connectivity index (χ2v) is 6.70. The molecule has 22 heavy (non-hydrogen) atoms. The summed E-state index contributed by atoms with van der Waals surface area (Å²) in [4.78, 5) is 13.8. The molecule has 1 saturated heterocycles. The summed E-state index contributed by atoms with van der Waals surface area (Å²) < 4.78 is 6.06. The predicted octanol–water partition coefficient (Wildman–Crippen LogP) is 2.47. The molecule has 1 fully saturated rings. The molecule has 0 saturated carbocycles. The zero-order valence-electron chi connectivity index (χ0n) is 14.2. The van der Waals surface area contributed by atoms with Gasteiger partial charge in [0.1, 0.15) is 0 Å². The van der Waals surface area contributed by atoms with Crippen LogP contribution in [0.15, 0.2) is 24.3 Å². The van der Waals surface area contributed by atoms with Crippen molar-refractivity contribution in [1.82, 2.24) is 0 Å². The van der Waals surface area contributed by atoms with E-state index in [2.05, 4.69) is 43.3 Å². The first-order chi connectivity index (χ1) is 10.5. The van der Waals surface area contributed by atoms with Crippen molar-refractivity contribution >= 4 is 11.7 Å². The van der Waals surface area contributed by atoms with Crippen molar-refractivity contribution in [2.24, 2.45) is 0 Å². The number of aryl methyl sites for hydroxylation is 1. The predicted molar refractivity (Wildman–Crippen MR) is 90.1 cm³/mol. The van der Waals surface area contributed by atoms with Crippen LogP contribution in [0.4, 0.5) is 5.69 Å². The molecule has 0 N–H and O–H groups in total. The highest BCUT2D eigenvalue weighted by molar-refractivity contribution is 5.69. The van der Waals surface area contributed by atoms with Gasteiger partial charge in [-0.25, -0.2) is 0 Å². The van der Waals surface area contributed by atoms with Crippen molar-refractivity contribution in [2.45, 2.75) is 26.2 Å². The molecule has 1 aromatic rings. The maximum absolute atomic E-state index is 11.3. The molecule has 4 heteroatoms. The maximum Gasteiger partial charge on any atom is 0.305 e. The second kappa shape index (κ2) is 7.63. The topological polar surface area (TPSA) is 29.5 Å². The molecule has 0 aromatic heterocycles.